The van der Waals surface area contributed by atoms with Crippen molar-refractivity contribution >= 4 is 18.1 Å². The number of allylic oxidation sites excluding steroid dienone is 2. The van der Waals surface area contributed by atoms with Gasteiger partial charge >= 0.3 is 12.1 Å². The fourth-order valence-electron chi connectivity index (χ4n) is 2.32. The average molecular weight is 313 g/mol. The highest BCUT2D eigenvalue weighted by atomic mass is 16.5. The molecule has 0 saturated heterocycles. The minimum Gasteiger partial charge on any atom is -0.481 e. The lowest BCUT2D eigenvalue weighted by molar-refractivity contribution is -0.141. The molecule has 2 unspecified atom stereocenters. The van der Waals surface area contributed by atoms with E-state index in [1.165, 1.54) is 6.08 Å². The van der Waals surface area contributed by atoms with Crippen LogP contribution >= 0.6 is 0 Å². The summed E-state index contributed by atoms with van der Waals surface area (Å²) in [7, 11) is 0. The molecule has 0 saturated carbocycles. The maximum atomic E-state index is 11.9. The molecular weight excluding hydrogens is 294 g/mol. The Morgan fingerprint density at radius 2 is 2.04 bits per heavy atom. The van der Waals surface area contributed by atoms with Gasteiger partial charge in [-0.2, -0.15) is 0 Å². The third kappa shape index (κ3) is 4.57. The number of carbonyl (C=O) groups is 2. The zero-order chi connectivity index (χ0) is 16.7. The number of hydrogen-bond donors (Lipinski definition) is 2. The molecule has 5 nitrogen and oxygen atoms in total. The van der Waals surface area contributed by atoms with Crippen molar-refractivity contribution in [2.45, 2.75) is 12.5 Å². The number of carbonyl (C=O) groups excluding carboxylic acids is 1. The predicted molar refractivity (Wildman–Crippen MR) is 87.8 cm³/mol. The first-order chi connectivity index (χ1) is 11.0. The highest BCUT2D eigenvalue weighted by molar-refractivity contribution is 5.78. The standard InChI is InChI=1S/C18H19NO4/c1-18(12-6-5-11-15(18)16(20)21)19-17(22)23-13-7-10-14-8-3-2-4-9-14/h2-12,15H,13H2,1H3,(H,19,22)(H,20,21)/b10-7+. The molecule has 0 aromatic heterocycles. The molecule has 0 bridgehead atoms. The van der Waals surface area contributed by atoms with Crippen LogP contribution in [0.4, 0.5) is 4.79 Å². The van der Waals surface area contributed by atoms with E-state index in [0.717, 1.165) is 5.56 Å². The maximum absolute atomic E-state index is 11.9. The Morgan fingerprint density at radius 3 is 2.74 bits per heavy atom. The van der Waals surface area contributed by atoms with Crippen LogP contribution in [-0.4, -0.2) is 29.3 Å². The number of rotatable bonds is 5. The van der Waals surface area contributed by atoms with E-state index in [1.54, 1.807) is 31.2 Å². The molecule has 0 radical (unpaired) electrons. The molecule has 5 heteroatoms. The molecule has 1 aliphatic carbocycles. The number of hydrogen-bond acceptors (Lipinski definition) is 3. The predicted octanol–water partition coefficient (Wildman–Crippen LogP) is 3.01. The zero-order valence-electron chi connectivity index (χ0n) is 12.8. The number of carboxylic acid groups (broad SMARTS) is 1. The van der Waals surface area contributed by atoms with Gasteiger partial charge in [0.05, 0.1) is 5.54 Å². The number of aliphatic carboxylic acids is 1. The summed E-state index contributed by atoms with van der Waals surface area (Å²) in [6.07, 6.45) is 9.45. The van der Waals surface area contributed by atoms with Gasteiger partial charge in [-0.1, -0.05) is 60.7 Å². The summed E-state index contributed by atoms with van der Waals surface area (Å²) in [5.41, 5.74) is -0.00405. The first-order valence-electron chi connectivity index (χ1n) is 7.26. The van der Waals surface area contributed by atoms with Crippen molar-refractivity contribution in [3.8, 4) is 0 Å². The summed E-state index contributed by atoms with van der Waals surface area (Å²) in [6.45, 7) is 1.75. The minimum absolute atomic E-state index is 0.105. The van der Waals surface area contributed by atoms with Crippen molar-refractivity contribution in [2.24, 2.45) is 5.92 Å². The maximum Gasteiger partial charge on any atom is 0.408 e. The van der Waals surface area contributed by atoms with E-state index < -0.39 is 23.5 Å². The van der Waals surface area contributed by atoms with Gasteiger partial charge in [0.25, 0.3) is 0 Å². The van der Waals surface area contributed by atoms with E-state index in [0.29, 0.717) is 0 Å². The molecule has 2 N–H and O–H groups in total. The fraction of sp³-hybridized carbons (Fsp3) is 0.222. The van der Waals surface area contributed by atoms with Gasteiger partial charge in [0.2, 0.25) is 0 Å². The van der Waals surface area contributed by atoms with Gasteiger partial charge in [-0.05, 0) is 18.6 Å². The van der Waals surface area contributed by atoms with Crippen LogP contribution < -0.4 is 5.32 Å². The van der Waals surface area contributed by atoms with Crippen molar-refractivity contribution in [2.75, 3.05) is 6.61 Å². The number of carboxylic acids is 1. The van der Waals surface area contributed by atoms with Gasteiger partial charge in [0.15, 0.2) is 0 Å². The summed E-state index contributed by atoms with van der Waals surface area (Å²) >= 11 is 0. The van der Waals surface area contributed by atoms with Gasteiger partial charge in [-0.15, -0.1) is 0 Å². The Kier molecular flexibility index (Phi) is 5.36. The van der Waals surface area contributed by atoms with Gasteiger partial charge in [-0.25, -0.2) is 4.79 Å². The Morgan fingerprint density at radius 1 is 1.30 bits per heavy atom. The molecule has 0 spiro atoms. The first-order valence-corrected chi connectivity index (χ1v) is 7.26. The first kappa shape index (κ1) is 16.5. The molecule has 120 valence electrons. The summed E-state index contributed by atoms with van der Waals surface area (Å²) < 4.78 is 5.07. The molecule has 23 heavy (non-hydrogen) atoms. The molecule has 1 aromatic carbocycles. The summed E-state index contributed by atoms with van der Waals surface area (Å²) in [5.74, 6) is -1.84. The Bertz CT molecular complexity index is 648. The quantitative estimate of drug-likeness (QED) is 0.876. The topological polar surface area (TPSA) is 75.6 Å². The van der Waals surface area contributed by atoms with Gasteiger partial charge in [0.1, 0.15) is 12.5 Å². The monoisotopic (exact) mass is 313 g/mol. The third-order valence-corrected chi connectivity index (χ3v) is 3.56. The summed E-state index contributed by atoms with van der Waals surface area (Å²) in [5, 5.41) is 11.8. The number of benzene rings is 1. The van der Waals surface area contributed by atoms with Crippen LogP contribution in [0.5, 0.6) is 0 Å². The minimum atomic E-state index is -1.01. The van der Waals surface area contributed by atoms with Crippen molar-refractivity contribution < 1.29 is 19.4 Å². The van der Waals surface area contributed by atoms with Crippen LogP contribution in [0, 0.1) is 5.92 Å². The van der Waals surface area contributed by atoms with Crippen LogP contribution in [-0.2, 0) is 9.53 Å². The van der Waals surface area contributed by atoms with Crippen molar-refractivity contribution in [1.82, 2.24) is 5.32 Å². The highest BCUT2D eigenvalue weighted by Crippen LogP contribution is 2.24. The molecular formula is C18H19NO4. The third-order valence-electron chi connectivity index (χ3n) is 3.56. The summed E-state index contributed by atoms with van der Waals surface area (Å²) in [4.78, 5) is 23.2. The second kappa shape index (κ2) is 7.45. The van der Waals surface area contributed by atoms with Crippen LogP contribution in [0.15, 0.2) is 60.7 Å². The van der Waals surface area contributed by atoms with E-state index in [9.17, 15) is 14.7 Å². The second-order valence-electron chi connectivity index (χ2n) is 5.38. The van der Waals surface area contributed by atoms with Crippen molar-refractivity contribution in [1.29, 1.82) is 0 Å². The molecule has 1 aromatic rings. The molecule has 0 fully saturated rings. The SMILES string of the molecule is CC1(NC(=O)OC/C=C/c2ccccc2)C=CC=CC1C(=O)O. The average Bonchev–Trinajstić information content (AvgIpc) is 2.52. The fourth-order valence-corrected chi connectivity index (χ4v) is 2.32. The van der Waals surface area contributed by atoms with Gasteiger partial charge in [0, 0.05) is 0 Å². The van der Waals surface area contributed by atoms with Gasteiger partial charge in [-0.3, -0.25) is 4.79 Å². The van der Waals surface area contributed by atoms with Crippen molar-refractivity contribution in [3.63, 3.8) is 0 Å². The van der Waals surface area contributed by atoms with Crippen molar-refractivity contribution in [3.05, 3.63) is 66.3 Å². The lowest BCUT2D eigenvalue weighted by atomic mass is 9.82. The highest BCUT2D eigenvalue weighted by Gasteiger charge is 2.38. The molecule has 2 rings (SSSR count). The normalized spacial score (nSPS) is 22.9. The van der Waals surface area contributed by atoms with E-state index in [1.807, 2.05) is 36.4 Å². The molecule has 0 aliphatic heterocycles. The molecule has 1 amide bonds. The van der Waals surface area contributed by atoms with E-state index in [4.69, 9.17) is 4.74 Å². The van der Waals surface area contributed by atoms with E-state index in [-0.39, 0.29) is 6.61 Å². The molecule has 2 atom stereocenters. The van der Waals surface area contributed by atoms with Crippen LogP contribution in [0.3, 0.4) is 0 Å². The smallest absolute Gasteiger partial charge is 0.408 e. The number of alkyl carbamates (subject to hydrolysis) is 1. The van der Waals surface area contributed by atoms with Crippen LogP contribution in [0.1, 0.15) is 12.5 Å². The number of amides is 1. The van der Waals surface area contributed by atoms with Gasteiger partial charge < -0.3 is 15.2 Å². The lowest BCUT2D eigenvalue weighted by Gasteiger charge is -2.32. The number of nitrogens with one attached hydrogen (secondary N) is 1. The molecule has 1 aliphatic rings. The van der Waals surface area contributed by atoms with E-state index in [2.05, 4.69) is 5.32 Å². The van der Waals surface area contributed by atoms with Crippen LogP contribution in [0.25, 0.3) is 6.08 Å². The summed E-state index contributed by atoms with van der Waals surface area (Å²) in [6, 6.07) is 9.64. The Hall–Kier alpha value is -2.82. The lowest BCUT2D eigenvalue weighted by Crippen LogP contribution is -2.52. The number of ether oxygens (including phenoxy) is 1. The Labute approximate surface area is 135 Å². The van der Waals surface area contributed by atoms with Crippen LogP contribution in [0.2, 0.25) is 0 Å². The van der Waals surface area contributed by atoms with E-state index >= 15 is 0 Å². The second-order valence-corrected chi connectivity index (χ2v) is 5.38. The largest absolute Gasteiger partial charge is 0.481 e. The molecule has 0 heterocycles. The Balaban J connectivity index is 1.87. The zero-order valence-corrected chi connectivity index (χ0v) is 12.8.